The lowest BCUT2D eigenvalue weighted by molar-refractivity contribution is -0.113. The largest absolute Gasteiger partial charge is 0.302 e. The summed E-state index contributed by atoms with van der Waals surface area (Å²) in [4.78, 5) is 17.9. The van der Waals surface area contributed by atoms with Gasteiger partial charge in [-0.25, -0.2) is 9.37 Å². The number of allylic oxidation sites excluding steroid dienone is 1. The highest BCUT2D eigenvalue weighted by Gasteiger charge is 2.15. The Balaban J connectivity index is 1.63. The fourth-order valence-corrected chi connectivity index (χ4v) is 4.49. The number of rotatable bonds is 10. The van der Waals surface area contributed by atoms with Crippen LogP contribution in [0.25, 0.3) is 11.3 Å². The predicted molar refractivity (Wildman–Crippen MR) is 120 cm³/mol. The van der Waals surface area contributed by atoms with E-state index in [1.165, 1.54) is 35.2 Å². The molecule has 0 fully saturated rings. The van der Waals surface area contributed by atoms with Crippen LogP contribution in [-0.2, 0) is 17.8 Å². The van der Waals surface area contributed by atoms with Crippen molar-refractivity contribution in [2.45, 2.75) is 44.8 Å². The van der Waals surface area contributed by atoms with Gasteiger partial charge in [-0.3, -0.25) is 4.79 Å². The molecule has 30 heavy (non-hydrogen) atoms. The van der Waals surface area contributed by atoms with E-state index in [2.05, 4.69) is 34.0 Å². The van der Waals surface area contributed by atoms with Crippen molar-refractivity contribution in [2.24, 2.45) is 0 Å². The Morgan fingerprint density at radius 2 is 2.10 bits per heavy atom. The second kappa shape index (κ2) is 10.5. The second-order valence-electron chi connectivity index (χ2n) is 6.67. The summed E-state index contributed by atoms with van der Waals surface area (Å²) < 4.78 is 15.2. The Morgan fingerprint density at radius 1 is 1.33 bits per heavy atom. The van der Waals surface area contributed by atoms with Crippen LogP contribution in [0.4, 0.5) is 9.52 Å². The van der Waals surface area contributed by atoms with Gasteiger partial charge >= 0.3 is 0 Å². The van der Waals surface area contributed by atoms with Gasteiger partial charge in [0.05, 0.1) is 11.4 Å². The molecular weight excluding hydrogens is 421 g/mol. The molecule has 1 amide bonds. The first-order valence-electron chi connectivity index (χ1n) is 9.70. The molecule has 0 bridgehead atoms. The van der Waals surface area contributed by atoms with E-state index in [1.54, 1.807) is 18.2 Å². The van der Waals surface area contributed by atoms with Gasteiger partial charge in [-0.15, -0.1) is 28.1 Å². The van der Waals surface area contributed by atoms with Crippen LogP contribution in [0.2, 0.25) is 0 Å². The number of halogens is 1. The summed E-state index contributed by atoms with van der Waals surface area (Å²) in [6.45, 7) is 8.47. The number of aryl methyl sites for hydroxylation is 2. The number of thioether (sulfide) groups is 1. The number of unbranched alkanes of at least 4 members (excludes halogenated alkanes) is 1. The first-order chi connectivity index (χ1) is 14.5. The zero-order valence-electron chi connectivity index (χ0n) is 17.0. The summed E-state index contributed by atoms with van der Waals surface area (Å²) in [5, 5.41) is 12.6. The Bertz CT molecular complexity index is 1010. The van der Waals surface area contributed by atoms with E-state index < -0.39 is 0 Å². The first-order valence-corrected chi connectivity index (χ1v) is 11.5. The zero-order valence-corrected chi connectivity index (χ0v) is 18.7. The van der Waals surface area contributed by atoms with Gasteiger partial charge in [0.2, 0.25) is 5.91 Å². The van der Waals surface area contributed by atoms with E-state index >= 15 is 0 Å². The minimum Gasteiger partial charge on any atom is -0.302 e. The second-order valence-corrected chi connectivity index (χ2v) is 8.81. The monoisotopic (exact) mass is 445 g/mol. The number of hydrogen-bond acceptors (Lipinski definition) is 6. The minimum atomic E-state index is -0.292. The molecule has 0 unspecified atom stereocenters. The van der Waals surface area contributed by atoms with Crippen LogP contribution in [0, 0.1) is 12.7 Å². The van der Waals surface area contributed by atoms with E-state index in [0.29, 0.717) is 16.8 Å². The Hall–Kier alpha value is -2.52. The van der Waals surface area contributed by atoms with Gasteiger partial charge in [0.25, 0.3) is 0 Å². The van der Waals surface area contributed by atoms with Crippen LogP contribution in [0.15, 0.2) is 42.1 Å². The zero-order chi connectivity index (χ0) is 21.5. The van der Waals surface area contributed by atoms with Crippen LogP contribution >= 0.6 is 23.1 Å². The van der Waals surface area contributed by atoms with E-state index in [1.807, 2.05) is 11.5 Å². The number of nitrogens with zero attached hydrogens (tertiary/aromatic N) is 4. The molecule has 0 aliphatic heterocycles. The van der Waals surface area contributed by atoms with Gasteiger partial charge in [-0.05, 0) is 37.6 Å². The van der Waals surface area contributed by atoms with Crippen LogP contribution in [0.1, 0.15) is 30.5 Å². The van der Waals surface area contributed by atoms with Gasteiger partial charge in [-0.1, -0.05) is 31.2 Å². The lowest BCUT2D eigenvalue weighted by Gasteiger charge is -2.07. The standard InChI is InChI=1S/C21H24FN5OS2/c1-4-6-7-17-25-26-21(27(17)12-5-2)29-13-18(28)23-20-24-19(14(3)30-20)15-8-10-16(22)11-9-15/h5,8-11H,2,4,6-7,12-13H2,1,3H3,(H,23,24,28). The number of benzene rings is 1. The number of aromatic nitrogens is 4. The highest BCUT2D eigenvalue weighted by atomic mass is 32.2. The fourth-order valence-electron chi connectivity index (χ4n) is 2.87. The molecule has 2 aromatic heterocycles. The Labute approximate surface area is 183 Å². The molecule has 6 nitrogen and oxygen atoms in total. The Morgan fingerprint density at radius 3 is 2.80 bits per heavy atom. The highest BCUT2D eigenvalue weighted by Crippen LogP contribution is 2.30. The molecule has 3 rings (SSSR count). The maximum atomic E-state index is 13.2. The highest BCUT2D eigenvalue weighted by molar-refractivity contribution is 7.99. The summed E-state index contributed by atoms with van der Waals surface area (Å²) in [6, 6.07) is 6.16. The topological polar surface area (TPSA) is 72.7 Å². The third-order valence-corrected chi connectivity index (χ3v) is 6.21. The summed E-state index contributed by atoms with van der Waals surface area (Å²) in [5.41, 5.74) is 1.56. The summed E-state index contributed by atoms with van der Waals surface area (Å²) in [5.74, 6) is 0.661. The molecule has 0 aliphatic carbocycles. The number of hydrogen-bond donors (Lipinski definition) is 1. The normalized spacial score (nSPS) is 10.9. The van der Waals surface area contributed by atoms with Gasteiger partial charge < -0.3 is 9.88 Å². The van der Waals surface area contributed by atoms with Crippen LogP contribution < -0.4 is 5.32 Å². The third kappa shape index (κ3) is 5.54. The fraction of sp³-hybridized carbons (Fsp3) is 0.333. The maximum absolute atomic E-state index is 13.2. The van der Waals surface area contributed by atoms with Crippen molar-refractivity contribution < 1.29 is 9.18 Å². The molecule has 2 heterocycles. The van der Waals surface area contributed by atoms with E-state index in [9.17, 15) is 9.18 Å². The molecule has 0 atom stereocenters. The van der Waals surface area contributed by atoms with Crippen molar-refractivity contribution in [3.8, 4) is 11.3 Å². The van der Waals surface area contributed by atoms with Crippen LogP contribution in [0.5, 0.6) is 0 Å². The van der Waals surface area contributed by atoms with E-state index in [-0.39, 0.29) is 17.5 Å². The lowest BCUT2D eigenvalue weighted by Crippen LogP contribution is -2.14. The molecule has 0 spiro atoms. The van der Waals surface area contributed by atoms with E-state index in [0.717, 1.165) is 41.2 Å². The smallest absolute Gasteiger partial charge is 0.236 e. The van der Waals surface area contributed by atoms with Gasteiger partial charge in [0.1, 0.15) is 11.6 Å². The SMILES string of the molecule is C=CCn1c(CCCC)nnc1SCC(=O)Nc1nc(-c2ccc(F)cc2)c(C)s1. The van der Waals surface area contributed by atoms with Gasteiger partial charge in [-0.2, -0.15) is 0 Å². The first kappa shape index (κ1) is 22.2. The molecule has 3 aromatic rings. The third-order valence-electron chi connectivity index (χ3n) is 4.35. The van der Waals surface area contributed by atoms with Crippen molar-refractivity contribution in [3.05, 3.63) is 53.4 Å². The summed E-state index contributed by atoms with van der Waals surface area (Å²) in [6.07, 6.45) is 4.78. The molecule has 0 saturated heterocycles. The number of thiazole rings is 1. The van der Waals surface area contributed by atoms with Gasteiger partial charge in [0, 0.05) is 23.4 Å². The minimum absolute atomic E-state index is 0.164. The summed E-state index contributed by atoms with van der Waals surface area (Å²) >= 11 is 2.74. The average Bonchev–Trinajstić information content (AvgIpc) is 3.28. The average molecular weight is 446 g/mol. The maximum Gasteiger partial charge on any atom is 0.236 e. The molecular formula is C21H24FN5OS2. The molecule has 158 valence electrons. The lowest BCUT2D eigenvalue weighted by atomic mass is 10.1. The van der Waals surface area contributed by atoms with Crippen LogP contribution in [-0.4, -0.2) is 31.4 Å². The molecule has 0 aliphatic rings. The van der Waals surface area contributed by atoms with Crippen LogP contribution in [0.3, 0.4) is 0 Å². The van der Waals surface area contributed by atoms with Gasteiger partial charge in [0.15, 0.2) is 10.3 Å². The van der Waals surface area contributed by atoms with Crippen molar-refractivity contribution >= 4 is 34.1 Å². The molecule has 1 N–H and O–H groups in total. The molecule has 0 saturated carbocycles. The number of carbonyl (C=O) groups excluding carboxylic acids is 1. The number of amides is 1. The molecule has 1 aromatic carbocycles. The number of anilines is 1. The van der Waals surface area contributed by atoms with Crippen molar-refractivity contribution in [2.75, 3.05) is 11.1 Å². The molecule has 0 radical (unpaired) electrons. The van der Waals surface area contributed by atoms with Crippen molar-refractivity contribution in [3.63, 3.8) is 0 Å². The van der Waals surface area contributed by atoms with Crippen molar-refractivity contribution in [1.82, 2.24) is 19.7 Å². The molecule has 9 heteroatoms. The number of carbonyl (C=O) groups is 1. The number of nitrogens with one attached hydrogen (secondary N) is 1. The van der Waals surface area contributed by atoms with E-state index in [4.69, 9.17) is 0 Å². The Kier molecular flexibility index (Phi) is 7.75. The van der Waals surface area contributed by atoms with Crippen molar-refractivity contribution in [1.29, 1.82) is 0 Å². The predicted octanol–water partition coefficient (Wildman–Crippen LogP) is 5.11. The summed E-state index contributed by atoms with van der Waals surface area (Å²) in [7, 11) is 0. The quantitative estimate of drug-likeness (QED) is 0.347.